The molecule has 0 spiro atoms. The molecule has 114 valence electrons. The lowest BCUT2D eigenvalue weighted by molar-refractivity contribution is -0.0168. The van der Waals surface area contributed by atoms with Crippen molar-refractivity contribution in [3.05, 3.63) is 18.1 Å². The molecule has 1 aromatic heterocycles. The number of hydrogen-bond acceptors (Lipinski definition) is 5. The summed E-state index contributed by atoms with van der Waals surface area (Å²) < 4.78 is 11.0. The zero-order chi connectivity index (χ0) is 15.0. The van der Waals surface area contributed by atoms with E-state index in [1.807, 2.05) is 20.8 Å². The first kappa shape index (κ1) is 16.9. The normalized spacial score (nSPS) is 11.9. The van der Waals surface area contributed by atoms with Gasteiger partial charge in [-0.25, -0.2) is 4.98 Å². The molecule has 0 atom stereocenters. The van der Waals surface area contributed by atoms with Crippen LogP contribution in [0.5, 0.6) is 5.88 Å². The number of nitrogens with zero attached hydrogens (tertiary/aromatic N) is 2. The Morgan fingerprint density at radius 1 is 1.15 bits per heavy atom. The third-order valence-corrected chi connectivity index (χ3v) is 2.41. The smallest absolute Gasteiger partial charge is 0.232 e. The molecule has 5 nitrogen and oxygen atoms in total. The average Bonchev–Trinajstić information content (AvgIpc) is 2.35. The molecule has 0 aromatic carbocycles. The Labute approximate surface area is 122 Å². The van der Waals surface area contributed by atoms with E-state index in [0.29, 0.717) is 25.0 Å². The highest BCUT2D eigenvalue weighted by molar-refractivity contribution is 5.07. The Hall–Kier alpha value is -1.20. The Balaban J connectivity index is 2.25. The summed E-state index contributed by atoms with van der Waals surface area (Å²) in [7, 11) is 0. The molecule has 0 radical (unpaired) electrons. The quantitative estimate of drug-likeness (QED) is 0.742. The van der Waals surface area contributed by atoms with Crippen LogP contribution in [-0.4, -0.2) is 35.3 Å². The van der Waals surface area contributed by atoms with Crippen molar-refractivity contribution in [2.45, 2.75) is 46.8 Å². The second-order valence-electron chi connectivity index (χ2n) is 6.18. The summed E-state index contributed by atoms with van der Waals surface area (Å²) in [6.45, 7) is 13.1. The van der Waals surface area contributed by atoms with Crippen LogP contribution in [0.1, 0.15) is 40.3 Å². The maximum Gasteiger partial charge on any atom is 0.232 e. The van der Waals surface area contributed by atoms with Crippen LogP contribution in [-0.2, 0) is 11.3 Å². The van der Waals surface area contributed by atoms with Crippen molar-refractivity contribution in [2.24, 2.45) is 5.92 Å². The van der Waals surface area contributed by atoms with Crippen molar-refractivity contribution >= 4 is 0 Å². The predicted molar refractivity (Wildman–Crippen MR) is 79.8 cm³/mol. The fraction of sp³-hybridized carbons (Fsp3) is 0.733. The SMILES string of the molecule is CC(C)CNCc1cnc(OCCOC(C)(C)C)cn1. The molecule has 1 N–H and O–H groups in total. The van der Waals surface area contributed by atoms with E-state index in [9.17, 15) is 0 Å². The van der Waals surface area contributed by atoms with E-state index < -0.39 is 0 Å². The summed E-state index contributed by atoms with van der Waals surface area (Å²) >= 11 is 0. The van der Waals surface area contributed by atoms with Crippen molar-refractivity contribution in [3.63, 3.8) is 0 Å². The second-order valence-corrected chi connectivity index (χ2v) is 6.18. The molecule has 0 aliphatic heterocycles. The maximum atomic E-state index is 5.57. The van der Waals surface area contributed by atoms with Crippen molar-refractivity contribution in [3.8, 4) is 5.88 Å². The van der Waals surface area contributed by atoms with E-state index in [4.69, 9.17) is 9.47 Å². The van der Waals surface area contributed by atoms with Crippen molar-refractivity contribution in [1.29, 1.82) is 0 Å². The number of rotatable bonds is 8. The summed E-state index contributed by atoms with van der Waals surface area (Å²) in [5.41, 5.74) is 0.782. The monoisotopic (exact) mass is 281 g/mol. The van der Waals surface area contributed by atoms with Crippen molar-refractivity contribution in [1.82, 2.24) is 15.3 Å². The summed E-state index contributed by atoms with van der Waals surface area (Å²) in [5.74, 6) is 1.17. The van der Waals surface area contributed by atoms with Gasteiger partial charge in [0.15, 0.2) is 0 Å². The van der Waals surface area contributed by atoms with E-state index >= 15 is 0 Å². The molecule has 1 rings (SSSR count). The highest BCUT2D eigenvalue weighted by Gasteiger charge is 2.09. The van der Waals surface area contributed by atoms with Gasteiger partial charge in [0.2, 0.25) is 5.88 Å². The molecule has 0 fully saturated rings. The van der Waals surface area contributed by atoms with Crippen LogP contribution < -0.4 is 10.1 Å². The van der Waals surface area contributed by atoms with Gasteiger partial charge in [-0.2, -0.15) is 0 Å². The third-order valence-electron chi connectivity index (χ3n) is 2.41. The molecule has 0 amide bonds. The van der Waals surface area contributed by atoms with Crippen LogP contribution in [0.15, 0.2) is 12.4 Å². The molecule has 0 aliphatic carbocycles. The summed E-state index contributed by atoms with van der Waals surface area (Å²) in [6.07, 6.45) is 3.40. The topological polar surface area (TPSA) is 56.3 Å². The molecular formula is C15H27N3O2. The van der Waals surface area contributed by atoms with Crippen LogP contribution in [0, 0.1) is 5.92 Å². The van der Waals surface area contributed by atoms with Gasteiger partial charge in [-0.3, -0.25) is 4.98 Å². The van der Waals surface area contributed by atoms with E-state index in [2.05, 4.69) is 29.1 Å². The molecular weight excluding hydrogens is 254 g/mol. The van der Waals surface area contributed by atoms with Crippen LogP contribution in [0.3, 0.4) is 0 Å². The van der Waals surface area contributed by atoms with Crippen molar-refractivity contribution < 1.29 is 9.47 Å². The van der Waals surface area contributed by atoms with Gasteiger partial charge < -0.3 is 14.8 Å². The fourth-order valence-corrected chi connectivity index (χ4v) is 1.49. The zero-order valence-corrected chi connectivity index (χ0v) is 13.3. The standard InChI is InChI=1S/C15H27N3O2/c1-12(2)8-16-9-13-10-18-14(11-17-13)19-6-7-20-15(3,4)5/h10-12,16H,6-9H2,1-5H3. The molecule has 5 heteroatoms. The van der Waals surface area contributed by atoms with Crippen molar-refractivity contribution in [2.75, 3.05) is 19.8 Å². The lowest BCUT2D eigenvalue weighted by Crippen LogP contribution is -2.22. The number of aromatic nitrogens is 2. The van der Waals surface area contributed by atoms with Gasteiger partial charge in [0.05, 0.1) is 30.3 Å². The highest BCUT2D eigenvalue weighted by Crippen LogP contribution is 2.07. The van der Waals surface area contributed by atoms with E-state index in [-0.39, 0.29) is 5.60 Å². The summed E-state index contributed by atoms with van der Waals surface area (Å²) in [5, 5.41) is 3.33. The summed E-state index contributed by atoms with van der Waals surface area (Å²) in [6, 6.07) is 0. The lowest BCUT2D eigenvalue weighted by atomic mass is 10.2. The first-order valence-corrected chi connectivity index (χ1v) is 7.15. The first-order chi connectivity index (χ1) is 9.37. The van der Waals surface area contributed by atoms with Gasteiger partial charge in [-0.1, -0.05) is 13.8 Å². The number of hydrogen-bond donors (Lipinski definition) is 1. The fourth-order valence-electron chi connectivity index (χ4n) is 1.49. The van der Waals surface area contributed by atoms with Crippen LogP contribution in [0.4, 0.5) is 0 Å². The minimum Gasteiger partial charge on any atom is -0.474 e. The van der Waals surface area contributed by atoms with Gasteiger partial charge in [-0.05, 0) is 33.2 Å². The minimum absolute atomic E-state index is 0.138. The average molecular weight is 281 g/mol. The predicted octanol–water partition coefficient (Wildman–Crippen LogP) is 2.42. The van der Waals surface area contributed by atoms with Gasteiger partial charge in [0.25, 0.3) is 0 Å². The molecule has 20 heavy (non-hydrogen) atoms. The molecule has 1 aromatic rings. The Kier molecular flexibility index (Phi) is 6.88. The lowest BCUT2D eigenvalue weighted by Gasteiger charge is -2.19. The first-order valence-electron chi connectivity index (χ1n) is 7.15. The maximum absolute atomic E-state index is 5.57. The molecule has 0 bridgehead atoms. The summed E-state index contributed by atoms with van der Waals surface area (Å²) in [4.78, 5) is 8.54. The van der Waals surface area contributed by atoms with Crippen LogP contribution in [0.2, 0.25) is 0 Å². The zero-order valence-electron chi connectivity index (χ0n) is 13.3. The molecule has 1 heterocycles. The number of nitrogens with one attached hydrogen (secondary N) is 1. The number of ether oxygens (including phenoxy) is 2. The van der Waals surface area contributed by atoms with Gasteiger partial charge in [0.1, 0.15) is 6.61 Å². The molecule has 0 saturated carbocycles. The Morgan fingerprint density at radius 2 is 1.90 bits per heavy atom. The minimum atomic E-state index is -0.138. The van der Waals surface area contributed by atoms with Gasteiger partial charge in [0, 0.05) is 6.54 Å². The third kappa shape index (κ3) is 8.07. The van der Waals surface area contributed by atoms with E-state index in [0.717, 1.165) is 18.8 Å². The van der Waals surface area contributed by atoms with E-state index in [1.165, 1.54) is 0 Å². The van der Waals surface area contributed by atoms with E-state index in [1.54, 1.807) is 12.4 Å². The largest absolute Gasteiger partial charge is 0.474 e. The second kappa shape index (κ2) is 8.17. The molecule has 0 unspecified atom stereocenters. The Morgan fingerprint density at radius 3 is 2.45 bits per heavy atom. The van der Waals surface area contributed by atoms with Crippen LogP contribution in [0.25, 0.3) is 0 Å². The van der Waals surface area contributed by atoms with Gasteiger partial charge in [-0.15, -0.1) is 0 Å². The molecule has 0 aliphatic rings. The highest BCUT2D eigenvalue weighted by atomic mass is 16.5. The Bertz CT molecular complexity index is 372. The van der Waals surface area contributed by atoms with Crippen LogP contribution >= 0.6 is 0 Å². The molecule has 0 saturated heterocycles. The van der Waals surface area contributed by atoms with Gasteiger partial charge >= 0.3 is 0 Å².